The second-order valence-electron chi connectivity index (χ2n) is 7.26. The molecule has 1 aromatic rings. The molecule has 8 heteroatoms. The number of nitrogens with two attached hydrogens (primary N) is 1. The van der Waals surface area contributed by atoms with Gasteiger partial charge in [-0.1, -0.05) is 30.3 Å². The van der Waals surface area contributed by atoms with Gasteiger partial charge < -0.3 is 31.2 Å². The Morgan fingerprint density at radius 1 is 1.46 bits per heavy atom. The van der Waals surface area contributed by atoms with Crippen LogP contribution in [0.1, 0.15) is 37.7 Å². The largest absolute Gasteiger partial charge is 0.392 e. The van der Waals surface area contributed by atoms with E-state index < -0.39 is 18.2 Å². The third-order valence-electron chi connectivity index (χ3n) is 5.01. The van der Waals surface area contributed by atoms with Crippen molar-refractivity contribution in [3.8, 4) is 0 Å². The topological polar surface area (TPSA) is 132 Å². The van der Waals surface area contributed by atoms with Crippen molar-refractivity contribution in [3.63, 3.8) is 0 Å². The Kier molecular flexibility index (Phi) is 8.41. The molecule has 154 valence electrons. The zero-order valence-corrected chi connectivity index (χ0v) is 16.3. The van der Waals surface area contributed by atoms with Crippen molar-refractivity contribution >= 4 is 18.2 Å². The molecule has 1 heterocycles. The molecule has 1 aliphatic heterocycles. The number of carbonyl (C=O) groups excluding carboxylic acids is 2. The molecule has 2 unspecified atom stereocenters. The normalized spacial score (nSPS) is 20.9. The molecular formula is C20H31N5O3. The predicted molar refractivity (Wildman–Crippen MR) is 108 cm³/mol. The highest BCUT2D eigenvalue weighted by Gasteiger charge is 2.38. The fraction of sp³-hybridized carbons (Fsp3) is 0.550. The van der Waals surface area contributed by atoms with Crippen molar-refractivity contribution in [1.82, 2.24) is 15.5 Å². The first kappa shape index (κ1) is 21.8. The maximum atomic E-state index is 13.3. The molecule has 0 saturated carbocycles. The van der Waals surface area contributed by atoms with Gasteiger partial charge in [-0.15, -0.1) is 0 Å². The van der Waals surface area contributed by atoms with Crippen LogP contribution in [0.15, 0.2) is 30.3 Å². The molecule has 1 aliphatic rings. The van der Waals surface area contributed by atoms with Crippen LogP contribution in [0.25, 0.3) is 0 Å². The molecule has 4 atom stereocenters. The summed E-state index contributed by atoms with van der Waals surface area (Å²) in [4.78, 5) is 26.6. The summed E-state index contributed by atoms with van der Waals surface area (Å²) in [5.74, 6) is -0.249. The monoisotopic (exact) mass is 389 g/mol. The van der Waals surface area contributed by atoms with Crippen LogP contribution in [-0.4, -0.2) is 66.0 Å². The first-order valence-corrected chi connectivity index (χ1v) is 9.74. The van der Waals surface area contributed by atoms with Crippen LogP contribution in [0.2, 0.25) is 0 Å². The Morgan fingerprint density at radius 2 is 2.18 bits per heavy atom. The average molecular weight is 390 g/mol. The fourth-order valence-electron chi connectivity index (χ4n) is 3.71. The number of hydrogen-bond acceptors (Lipinski definition) is 5. The highest BCUT2D eigenvalue weighted by atomic mass is 16.3. The summed E-state index contributed by atoms with van der Waals surface area (Å²) in [6.45, 7) is 2.88. The molecule has 1 saturated heterocycles. The van der Waals surface area contributed by atoms with E-state index in [0.29, 0.717) is 19.4 Å². The number of guanidine groups is 1. The Balaban J connectivity index is 2.12. The van der Waals surface area contributed by atoms with Gasteiger partial charge in [-0.05, 0) is 38.3 Å². The van der Waals surface area contributed by atoms with E-state index in [1.807, 2.05) is 30.3 Å². The van der Waals surface area contributed by atoms with Gasteiger partial charge in [0.05, 0.1) is 18.2 Å². The molecule has 2 rings (SSSR count). The summed E-state index contributed by atoms with van der Waals surface area (Å²) < 4.78 is 0. The fourth-order valence-corrected chi connectivity index (χ4v) is 3.71. The molecule has 8 nitrogen and oxygen atoms in total. The lowest BCUT2D eigenvalue weighted by Gasteiger charge is -2.33. The van der Waals surface area contributed by atoms with Gasteiger partial charge in [0.25, 0.3) is 0 Å². The van der Waals surface area contributed by atoms with E-state index >= 15 is 0 Å². The number of aldehydes is 1. The van der Waals surface area contributed by atoms with Crippen LogP contribution in [-0.2, 0) is 9.59 Å². The number of benzene rings is 1. The Labute approximate surface area is 166 Å². The van der Waals surface area contributed by atoms with Crippen LogP contribution < -0.4 is 16.4 Å². The number of aliphatic hydroxyl groups excluding tert-OH is 1. The number of hydrogen-bond donors (Lipinski definition) is 5. The first-order valence-electron chi connectivity index (χ1n) is 9.74. The smallest absolute Gasteiger partial charge is 0.241 e. The number of aliphatic hydroxyl groups is 1. The van der Waals surface area contributed by atoms with Crippen LogP contribution in [0.4, 0.5) is 0 Å². The van der Waals surface area contributed by atoms with Crippen LogP contribution >= 0.6 is 0 Å². The van der Waals surface area contributed by atoms with Crippen molar-refractivity contribution in [2.45, 2.75) is 50.3 Å². The molecule has 28 heavy (non-hydrogen) atoms. The van der Waals surface area contributed by atoms with Crippen molar-refractivity contribution in [2.75, 3.05) is 19.6 Å². The van der Waals surface area contributed by atoms with E-state index in [1.165, 1.54) is 4.90 Å². The quantitative estimate of drug-likeness (QED) is 0.168. The average Bonchev–Trinajstić information content (AvgIpc) is 3.16. The first-order chi connectivity index (χ1) is 13.4. The molecule has 0 aromatic heterocycles. The maximum absolute atomic E-state index is 13.3. The number of nitrogens with zero attached hydrogens (tertiary/aromatic N) is 1. The van der Waals surface area contributed by atoms with Gasteiger partial charge in [0.15, 0.2) is 5.96 Å². The standard InChI is InChI=1S/C20H31N5O3/c1-14(27)12-25(16(13-26)8-5-10-24-20(21)22)19(28)18-17(9-11-23-18)15-6-3-2-4-7-15/h2-4,6-7,13-14,16-18,23,27H,5,8-12H2,1H3,(H4,21,22,24)/t14?,16-,17?,18-/m0/s1. The minimum absolute atomic E-state index is 0.0388. The van der Waals surface area contributed by atoms with Gasteiger partial charge in [-0.25, -0.2) is 0 Å². The summed E-state index contributed by atoms with van der Waals surface area (Å²) in [5.41, 5.74) is 6.36. The lowest BCUT2D eigenvalue weighted by Crippen LogP contribution is -2.52. The SMILES string of the molecule is CC(O)CN(C(=O)[C@H]1NCCC1c1ccccc1)[C@H](C=O)CCCNC(=N)N. The molecular weight excluding hydrogens is 358 g/mol. The van der Waals surface area contributed by atoms with Gasteiger partial charge >= 0.3 is 0 Å². The molecule has 0 radical (unpaired) electrons. The Morgan fingerprint density at radius 3 is 2.79 bits per heavy atom. The highest BCUT2D eigenvalue weighted by molar-refractivity contribution is 5.86. The minimum atomic E-state index is -0.738. The third kappa shape index (κ3) is 6.03. The van der Waals surface area contributed by atoms with Gasteiger partial charge in [0.1, 0.15) is 6.29 Å². The van der Waals surface area contributed by atoms with Crippen molar-refractivity contribution in [1.29, 1.82) is 5.41 Å². The molecule has 1 aromatic carbocycles. The molecule has 0 aliphatic carbocycles. The number of carbonyl (C=O) groups is 2. The molecule has 0 bridgehead atoms. The maximum Gasteiger partial charge on any atom is 0.241 e. The van der Waals surface area contributed by atoms with Crippen LogP contribution in [0.5, 0.6) is 0 Å². The second kappa shape index (κ2) is 10.8. The second-order valence-corrected chi connectivity index (χ2v) is 7.26. The van der Waals surface area contributed by atoms with Crippen molar-refractivity contribution < 1.29 is 14.7 Å². The molecule has 1 fully saturated rings. The summed E-state index contributed by atoms with van der Waals surface area (Å²) in [5, 5.41) is 23.0. The number of amides is 1. The highest BCUT2D eigenvalue weighted by Crippen LogP contribution is 2.29. The summed E-state index contributed by atoms with van der Waals surface area (Å²) in [6, 6.07) is 8.84. The van der Waals surface area contributed by atoms with E-state index in [0.717, 1.165) is 24.8 Å². The summed E-state index contributed by atoms with van der Waals surface area (Å²) in [7, 11) is 0. The number of nitrogens with one attached hydrogen (secondary N) is 3. The van der Waals surface area contributed by atoms with Gasteiger partial charge in [-0.2, -0.15) is 0 Å². The summed E-state index contributed by atoms with van der Waals surface area (Å²) in [6.07, 6.45) is 1.88. The lowest BCUT2D eigenvalue weighted by atomic mass is 9.90. The van der Waals surface area contributed by atoms with E-state index in [-0.39, 0.29) is 24.3 Å². The predicted octanol–water partition coefficient (Wildman–Crippen LogP) is 0.172. The van der Waals surface area contributed by atoms with Crippen LogP contribution in [0, 0.1) is 5.41 Å². The van der Waals surface area contributed by atoms with Crippen molar-refractivity contribution in [3.05, 3.63) is 35.9 Å². The lowest BCUT2D eigenvalue weighted by molar-refractivity contribution is -0.140. The zero-order chi connectivity index (χ0) is 20.5. The van der Waals surface area contributed by atoms with Gasteiger partial charge in [-0.3, -0.25) is 10.2 Å². The van der Waals surface area contributed by atoms with Gasteiger partial charge in [0, 0.05) is 19.0 Å². The molecule has 0 spiro atoms. The Hall–Kier alpha value is -2.45. The van der Waals surface area contributed by atoms with E-state index in [2.05, 4.69) is 10.6 Å². The van der Waals surface area contributed by atoms with E-state index in [1.54, 1.807) is 6.92 Å². The van der Waals surface area contributed by atoms with Crippen molar-refractivity contribution in [2.24, 2.45) is 5.73 Å². The van der Waals surface area contributed by atoms with Gasteiger partial charge in [0.2, 0.25) is 5.91 Å². The third-order valence-corrected chi connectivity index (χ3v) is 5.01. The van der Waals surface area contributed by atoms with E-state index in [9.17, 15) is 14.7 Å². The number of rotatable bonds is 10. The Bertz CT molecular complexity index is 653. The molecule has 6 N–H and O–H groups in total. The zero-order valence-electron chi connectivity index (χ0n) is 16.3. The summed E-state index contributed by atoms with van der Waals surface area (Å²) >= 11 is 0. The van der Waals surface area contributed by atoms with E-state index in [4.69, 9.17) is 11.1 Å². The minimum Gasteiger partial charge on any atom is -0.392 e. The molecule has 1 amide bonds. The van der Waals surface area contributed by atoms with Crippen LogP contribution in [0.3, 0.4) is 0 Å².